The van der Waals surface area contributed by atoms with E-state index in [1.54, 1.807) is 0 Å². The summed E-state index contributed by atoms with van der Waals surface area (Å²) in [6, 6.07) is 0. The molecule has 0 heterocycles. The minimum Gasteiger partial charge on any atom is -0.393 e. The number of aliphatic hydroxyl groups excluding tert-OH is 1. The maximum atomic E-state index is 9.60. The fraction of sp³-hybridized carbons (Fsp3) is 1.00. The van der Waals surface area contributed by atoms with Gasteiger partial charge in [-0.25, -0.2) is 0 Å². The first-order chi connectivity index (χ1) is 9.13. The molecule has 2 rings (SSSR count). The molecule has 0 aliphatic heterocycles. The van der Waals surface area contributed by atoms with E-state index in [0.29, 0.717) is 0 Å². The van der Waals surface area contributed by atoms with Crippen molar-refractivity contribution in [1.29, 1.82) is 0 Å². The van der Waals surface area contributed by atoms with Crippen molar-refractivity contribution in [3.63, 3.8) is 0 Å². The zero-order valence-corrected chi connectivity index (χ0v) is 13.7. The topological polar surface area (TPSA) is 98.3 Å². The predicted molar refractivity (Wildman–Crippen MR) is 84.8 cm³/mol. The normalized spacial score (nSPS) is 29.8. The molecule has 0 aromatic carbocycles. The van der Waals surface area contributed by atoms with E-state index in [1.165, 1.54) is 59.7 Å². The Hall–Kier alpha value is -0.160. The molecule has 0 amide bonds. The summed E-state index contributed by atoms with van der Waals surface area (Å²) in [6.07, 6.45) is 8.35. The van der Waals surface area contributed by atoms with Crippen LogP contribution in [0.15, 0.2) is 0 Å². The maximum Gasteiger partial charge on any atom is 0.0568 e. The largest absolute Gasteiger partial charge is 0.393 e. The zero-order chi connectivity index (χ0) is 15.5. The first kappa shape index (κ1) is 21.1. The lowest BCUT2D eigenvalue weighted by molar-refractivity contribution is 0.108. The quantitative estimate of drug-likeness (QED) is 0.630. The van der Waals surface area contributed by atoms with Crippen LogP contribution in [-0.2, 0) is 0 Å². The average molecular weight is 275 g/mol. The molecular weight excluding hydrogens is 238 g/mol. The van der Waals surface area contributed by atoms with Crippen LogP contribution in [0.5, 0.6) is 0 Å². The fourth-order valence-corrected chi connectivity index (χ4v) is 2.98. The van der Waals surface area contributed by atoms with E-state index >= 15 is 0 Å². The molecule has 0 bridgehead atoms. The first-order valence-electron chi connectivity index (χ1n) is 7.54. The molecule has 118 valence electrons. The molecule has 0 spiro atoms. The highest BCUT2D eigenvalue weighted by atomic mass is 16.3. The highest BCUT2D eigenvalue weighted by Crippen LogP contribution is 2.58. The van der Waals surface area contributed by atoms with E-state index in [2.05, 4.69) is 24.1 Å². The Morgan fingerprint density at radius 1 is 1.05 bits per heavy atom. The van der Waals surface area contributed by atoms with Crippen molar-refractivity contribution in [1.82, 2.24) is 0 Å². The lowest BCUT2D eigenvalue weighted by atomic mass is 9.93. The highest BCUT2D eigenvalue weighted by molar-refractivity contribution is 5.02. The number of rotatable bonds is 3. The van der Waals surface area contributed by atoms with Crippen LogP contribution in [0, 0.1) is 17.3 Å². The van der Waals surface area contributed by atoms with E-state index in [9.17, 15) is 5.11 Å². The molecule has 2 fully saturated rings. The second-order valence-corrected chi connectivity index (χ2v) is 5.47. The van der Waals surface area contributed by atoms with E-state index < -0.39 is 0 Å². The van der Waals surface area contributed by atoms with Gasteiger partial charge in [-0.1, -0.05) is 32.6 Å². The van der Waals surface area contributed by atoms with Gasteiger partial charge in [0.1, 0.15) is 0 Å². The summed E-state index contributed by atoms with van der Waals surface area (Å²) >= 11 is 0. The number of aliphatic hydroxyl groups is 1. The molecule has 2 saturated carbocycles. The summed E-state index contributed by atoms with van der Waals surface area (Å²) in [5, 5.41) is 9.60. The molecule has 19 heavy (non-hydrogen) atoms. The summed E-state index contributed by atoms with van der Waals surface area (Å²) in [6.45, 7) is 4.20. The number of hydrogen-bond acceptors (Lipinski definition) is 4. The molecule has 7 N–H and O–H groups in total. The van der Waals surface area contributed by atoms with Gasteiger partial charge in [-0.05, 0) is 58.2 Å². The lowest BCUT2D eigenvalue weighted by Gasteiger charge is -2.16. The van der Waals surface area contributed by atoms with Crippen molar-refractivity contribution in [3.05, 3.63) is 0 Å². The molecule has 3 atom stereocenters. The van der Waals surface area contributed by atoms with Gasteiger partial charge in [-0.3, -0.25) is 0 Å². The average Bonchev–Trinajstić information content (AvgIpc) is 2.88. The van der Waals surface area contributed by atoms with Crippen LogP contribution < -0.4 is 17.2 Å². The van der Waals surface area contributed by atoms with Gasteiger partial charge in [0.25, 0.3) is 0 Å². The van der Waals surface area contributed by atoms with Crippen LogP contribution >= 0.6 is 0 Å². The van der Waals surface area contributed by atoms with Gasteiger partial charge in [0.15, 0.2) is 0 Å². The molecule has 0 radical (unpaired) electrons. The van der Waals surface area contributed by atoms with Crippen LogP contribution in [0.2, 0.25) is 0 Å². The van der Waals surface area contributed by atoms with Gasteiger partial charge < -0.3 is 22.3 Å². The van der Waals surface area contributed by atoms with Crippen molar-refractivity contribution in [2.75, 3.05) is 21.1 Å². The summed E-state index contributed by atoms with van der Waals surface area (Å²) < 4.78 is 0. The molecule has 4 heteroatoms. The fourth-order valence-electron chi connectivity index (χ4n) is 2.98. The van der Waals surface area contributed by atoms with Crippen LogP contribution in [0.3, 0.4) is 0 Å². The highest BCUT2D eigenvalue weighted by Gasteiger charge is 2.53. The Kier molecular flexibility index (Phi) is 13.0. The first-order valence-corrected chi connectivity index (χ1v) is 7.54. The standard InChI is InChI=1S/C12H22O.3CH5N/c1-9(13)12(2)8-11(12)7-10-5-3-4-6-10;3*1-2/h9-11,13H,3-8H2,1-2H3;3*2H2,1H3. The predicted octanol–water partition coefficient (Wildman–Crippen LogP) is 1.70. The molecule has 0 aromatic heterocycles. The zero-order valence-electron chi connectivity index (χ0n) is 13.7. The molecular formula is C15H37N3O. The maximum absolute atomic E-state index is 9.60. The van der Waals surface area contributed by atoms with Gasteiger partial charge in [-0.15, -0.1) is 0 Å². The Morgan fingerprint density at radius 2 is 1.47 bits per heavy atom. The van der Waals surface area contributed by atoms with Crippen LogP contribution in [-0.4, -0.2) is 32.4 Å². The Labute approximate surface area is 120 Å². The smallest absolute Gasteiger partial charge is 0.0568 e. The summed E-state index contributed by atoms with van der Waals surface area (Å²) in [7, 11) is 4.50. The van der Waals surface area contributed by atoms with Crippen LogP contribution in [0.25, 0.3) is 0 Å². The minimum atomic E-state index is -0.0982. The second-order valence-electron chi connectivity index (χ2n) is 5.47. The number of nitrogens with two attached hydrogens (primary N) is 3. The summed E-state index contributed by atoms with van der Waals surface area (Å²) in [5.74, 6) is 1.82. The Balaban J connectivity index is 0. The van der Waals surface area contributed by atoms with Gasteiger partial charge in [0.05, 0.1) is 6.10 Å². The van der Waals surface area contributed by atoms with Crippen molar-refractivity contribution in [2.45, 2.75) is 58.5 Å². The van der Waals surface area contributed by atoms with E-state index in [-0.39, 0.29) is 11.5 Å². The van der Waals surface area contributed by atoms with Crippen LogP contribution in [0.1, 0.15) is 52.4 Å². The van der Waals surface area contributed by atoms with Crippen molar-refractivity contribution in [2.24, 2.45) is 34.5 Å². The molecule has 4 nitrogen and oxygen atoms in total. The van der Waals surface area contributed by atoms with E-state index in [1.807, 2.05) is 6.92 Å². The van der Waals surface area contributed by atoms with Gasteiger partial charge in [0, 0.05) is 0 Å². The van der Waals surface area contributed by atoms with Crippen LogP contribution in [0.4, 0.5) is 0 Å². The third-order valence-electron chi connectivity index (χ3n) is 4.51. The van der Waals surface area contributed by atoms with Crippen molar-refractivity contribution in [3.8, 4) is 0 Å². The van der Waals surface area contributed by atoms with E-state index in [0.717, 1.165) is 11.8 Å². The Morgan fingerprint density at radius 3 is 1.79 bits per heavy atom. The van der Waals surface area contributed by atoms with Gasteiger partial charge >= 0.3 is 0 Å². The Bertz CT molecular complexity index is 194. The summed E-state index contributed by atoms with van der Waals surface area (Å²) in [5.41, 5.74) is 13.8. The molecule has 2 aliphatic carbocycles. The van der Waals surface area contributed by atoms with Crippen molar-refractivity contribution < 1.29 is 5.11 Å². The van der Waals surface area contributed by atoms with Gasteiger partial charge in [0.2, 0.25) is 0 Å². The SMILES string of the molecule is CC(O)C1(C)CC1CC1CCCC1.CN.CN.CN. The van der Waals surface area contributed by atoms with Gasteiger partial charge in [-0.2, -0.15) is 0 Å². The number of hydrogen-bond donors (Lipinski definition) is 4. The minimum absolute atomic E-state index is 0.0982. The summed E-state index contributed by atoms with van der Waals surface area (Å²) in [4.78, 5) is 0. The monoisotopic (exact) mass is 275 g/mol. The third kappa shape index (κ3) is 6.70. The molecule has 0 aromatic rings. The van der Waals surface area contributed by atoms with E-state index in [4.69, 9.17) is 0 Å². The molecule has 0 saturated heterocycles. The second kappa shape index (κ2) is 11.6. The third-order valence-corrected chi connectivity index (χ3v) is 4.51. The lowest BCUT2D eigenvalue weighted by Crippen LogP contribution is -2.17. The molecule has 2 aliphatic rings. The van der Waals surface area contributed by atoms with Crippen molar-refractivity contribution >= 4 is 0 Å². The molecule has 3 unspecified atom stereocenters.